The van der Waals surface area contributed by atoms with Crippen molar-refractivity contribution in [2.24, 2.45) is 5.73 Å². The summed E-state index contributed by atoms with van der Waals surface area (Å²) in [7, 11) is 0. The molecule has 9 nitrogen and oxygen atoms in total. The number of nitrogens with zero attached hydrogens (tertiary/aromatic N) is 1. The average molecular weight is 531 g/mol. The first-order chi connectivity index (χ1) is 17.7. The Kier molecular flexibility index (Phi) is 11.2. The van der Waals surface area contributed by atoms with E-state index >= 15 is 0 Å². The van der Waals surface area contributed by atoms with Gasteiger partial charge >= 0.3 is 6.09 Å². The fourth-order valence-corrected chi connectivity index (χ4v) is 4.96. The third-order valence-corrected chi connectivity index (χ3v) is 6.75. The number of benzene rings is 1. The summed E-state index contributed by atoms with van der Waals surface area (Å²) in [6.45, 7) is 12.8. The van der Waals surface area contributed by atoms with Gasteiger partial charge in [-0.05, 0) is 66.4 Å². The predicted octanol–water partition coefficient (Wildman–Crippen LogP) is 4.19. The fourth-order valence-electron chi connectivity index (χ4n) is 4.96. The second kappa shape index (κ2) is 13.6. The van der Waals surface area contributed by atoms with Gasteiger partial charge in [0.15, 0.2) is 0 Å². The number of carbonyl (C=O) groups excluding carboxylic acids is 4. The molecule has 38 heavy (non-hydrogen) atoms. The molecule has 3 unspecified atom stereocenters. The SMILES string of the molecule is CCC(C)N(C(=O)C(CC(N)=O)NC(=O)OC(C)(C)C)C(C(=O)NC1CCCCC1)c1cc(C)cc(C)c1. The number of aryl methyl sites for hydroxylation is 2. The lowest BCUT2D eigenvalue weighted by molar-refractivity contribution is -0.146. The first-order valence-electron chi connectivity index (χ1n) is 13.7. The average Bonchev–Trinajstić information content (AvgIpc) is 2.79. The van der Waals surface area contributed by atoms with Crippen molar-refractivity contribution >= 4 is 23.8 Å². The number of carbonyl (C=O) groups is 4. The van der Waals surface area contributed by atoms with Crippen molar-refractivity contribution in [2.45, 2.75) is 123 Å². The van der Waals surface area contributed by atoms with Crippen LogP contribution in [0.15, 0.2) is 18.2 Å². The summed E-state index contributed by atoms with van der Waals surface area (Å²) in [5.41, 5.74) is 7.28. The first-order valence-corrected chi connectivity index (χ1v) is 13.7. The molecular weight excluding hydrogens is 484 g/mol. The second-order valence-electron chi connectivity index (χ2n) is 11.5. The summed E-state index contributed by atoms with van der Waals surface area (Å²) in [5.74, 6) is -1.59. The largest absolute Gasteiger partial charge is 0.444 e. The molecule has 1 aromatic rings. The van der Waals surface area contributed by atoms with Crippen LogP contribution in [0.25, 0.3) is 0 Å². The number of hydrogen-bond donors (Lipinski definition) is 3. The van der Waals surface area contributed by atoms with E-state index in [4.69, 9.17) is 10.5 Å². The number of rotatable bonds is 10. The van der Waals surface area contributed by atoms with Crippen LogP contribution in [0.1, 0.15) is 102 Å². The van der Waals surface area contributed by atoms with Gasteiger partial charge in [0.25, 0.3) is 0 Å². The highest BCUT2D eigenvalue weighted by Crippen LogP contribution is 2.29. The third kappa shape index (κ3) is 9.33. The fraction of sp³-hybridized carbons (Fsp3) is 0.655. The van der Waals surface area contributed by atoms with E-state index in [2.05, 4.69) is 10.6 Å². The summed E-state index contributed by atoms with van der Waals surface area (Å²) in [6.07, 6.45) is 4.33. The quantitative estimate of drug-likeness (QED) is 0.417. The van der Waals surface area contributed by atoms with Crippen LogP contribution in [0.3, 0.4) is 0 Å². The molecule has 1 fully saturated rings. The Bertz CT molecular complexity index is 977. The molecule has 0 spiro atoms. The molecule has 212 valence electrons. The first kappa shape index (κ1) is 31.1. The number of amides is 4. The van der Waals surface area contributed by atoms with Gasteiger partial charge in [-0.1, -0.05) is 55.5 Å². The molecule has 1 aliphatic carbocycles. The van der Waals surface area contributed by atoms with Gasteiger partial charge in [-0.2, -0.15) is 0 Å². The van der Waals surface area contributed by atoms with Gasteiger partial charge in [0, 0.05) is 12.1 Å². The predicted molar refractivity (Wildman–Crippen MR) is 147 cm³/mol. The van der Waals surface area contributed by atoms with Crippen LogP contribution >= 0.6 is 0 Å². The summed E-state index contributed by atoms with van der Waals surface area (Å²) in [4.78, 5) is 54.1. The Morgan fingerprint density at radius 2 is 1.63 bits per heavy atom. The topological polar surface area (TPSA) is 131 Å². The van der Waals surface area contributed by atoms with E-state index in [-0.39, 0.29) is 18.0 Å². The van der Waals surface area contributed by atoms with Crippen LogP contribution in [0.2, 0.25) is 0 Å². The number of alkyl carbamates (subject to hydrolysis) is 1. The van der Waals surface area contributed by atoms with E-state index < -0.39 is 42.0 Å². The molecule has 0 heterocycles. The van der Waals surface area contributed by atoms with Crippen LogP contribution < -0.4 is 16.4 Å². The van der Waals surface area contributed by atoms with Gasteiger partial charge in [-0.3, -0.25) is 14.4 Å². The number of nitrogens with two attached hydrogens (primary N) is 1. The maximum atomic E-state index is 14.1. The molecular formula is C29H46N4O5. The molecule has 1 saturated carbocycles. The van der Waals surface area contributed by atoms with Gasteiger partial charge in [0.05, 0.1) is 6.42 Å². The molecule has 0 radical (unpaired) electrons. The highest BCUT2D eigenvalue weighted by molar-refractivity contribution is 5.94. The van der Waals surface area contributed by atoms with Gasteiger partial charge in [-0.15, -0.1) is 0 Å². The monoisotopic (exact) mass is 530 g/mol. The van der Waals surface area contributed by atoms with Crippen LogP contribution in [0, 0.1) is 13.8 Å². The molecule has 0 aliphatic heterocycles. The number of ether oxygens (including phenoxy) is 1. The lowest BCUT2D eigenvalue weighted by Crippen LogP contribution is -2.57. The molecule has 0 aromatic heterocycles. The van der Waals surface area contributed by atoms with Crippen molar-refractivity contribution in [1.29, 1.82) is 0 Å². The van der Waals surface area contributed by atoms with Crippen molar-refractivity contribution in [2.75, 3.05) is 0 Å². The molecule has 3 atom stereocenters. The number of hydrogen-bond acceptors (Lipinski definition) is 5. The Hall–Kier alpha value is -3.10. The van der Waals surface area contributed by atoms with Crippen LogP contribution in [-0.2, 0) is 19.1 Å². The zero-order chi connectivity index (χ0) is 28.6. The Morgan fingerprint density at radius 3 is 2.13 bits per heavy atom. The highest BCUT2D eigenvalue weighted by Gasteiger charge is 2.39. The molecule has 1 aliphatic rings. The summed E-state index contributed by atoms with van der Waals surface area (Å²) in [6, 6.07) is 3.26. The van der Waals surface area contributed by atoms with Gasteiger partial charge in [0.2, 0.25) is 17.7 Å². The highest BCUT2D eigenvalue weighted by atomic mass is 16.6. The Balaban J connectivity index is 2.54. The van der Waals surface area contributed by atoms with Gasteiger partial charge in [-0.25, -0.2) is 4.79 Å². The van der Waals surface area contributed by atoms with E-state index in [1.165, 1.54) is 4.90 Å². The maximum Gasteiger partial charge on any atom is 0.408 e. The smallest absolute Gasteiger partial charge is 0.408 e. The van der Waals surface area contributed by atoms with Crippen LogP contribution in [0.5, 0.6) is 0 Å². The maximum absolute atomic E-state index is 14.1. The van der Waals surface area contributed by atoms with E-state index in [0.717, 1.165) is 43.2 Å². The zero-order valence-corrected chi connectivity index (χ0v) is 24.1. The second-order valence-corrected chi connectivity index (χ2v) is 11.5. The number of nitrogens with one attached hydrogen (secondary N) is 2. The van der Waals surface area contributed by atoms with E-state index in [0.29, 0.717) is 12.0 Å². The van der Waals surface area contributed by atoms with Crippen molar-refractivity contribution in [1.82, 2.24) is 15.5 Å². The molecule has 4 N–H and O–H groups in total. The lowest BCUT2D eigenvalue weighted by atomic mass is 9.93. The van der Waals surface area contributed by atoms with E-state index in [1.54, 1.807) is 20.8 Å². The minimum absolute atomic E-state index is 0.0415. The number of primary amides is 1. The normalized spacial score (nSPS) is 16.6. The zero-order valence-electron chi connectivity index (χ0n) is 24.1. The Morgan fingerprint density at radius 1 is 1.05 bits per heavy atom. The lowest BCUT2D eigenvalue weighted by Gasteiger charge is -2.39. The third-order valence-electron chi connectivity index (χ3n) is 6.75. The molecule has 9 heteroatoms. The summed E-state index contributed by atoms with van der Waals surface area (Å²) >= 11 is 0. The standard InChI is InChI=1S/C29H46N4O5/c1-8-20(4)33(27(36)23(17-24(30)34)32-28(37)38-29(5,6)7)25(21-15-18(2)14-19(3)16-21)26(35)31-22-12-10-9-11-13-22/h14-16,20,22-23,25H,8-13,17H2,1-7H3,(H2,30,34)(H,31,35)(H,32,37). The van der Waals surface area contributed by atoms with Crippen molar-refractivity contribution in [3.8, 4) is 0 Å². The molecule has 1 aromatic carbocycles. The molecule has 2 rings (SSSR count). The Labute approximate surface area is 227 Å². The summed E-state index contributed by atoms with van der Waals surface area (Å²) in [5, 5.41) is 5.71. The molecule has 4 amide bonds. The molecule has 0 saturated heterocycles. The van der Waals surface area contributed by atoms with Crippen molar-refractivity contribution in [3.63, 3.8) is 0 Å². The minimum atomic E-state index is -1.28. The molecule has 0 bridgehead atoms. The van der Waals surface area contributed by atoms with Gasteiger partial charge in [0.1, 0.15) is 17.7 Å². The van der Waals surface area contributed by atoms with Crippen LogP contribution in [-0.4, -0.2) is 52.4 Å². The summed E-state index contributed by atoms with van der Waals surface area (Å²) < 4.78 is 5.34. The van der Waals surface area contributed by atoms with Crippen LogP contribution in [0.4, 0.5) is 4.79 Å². The van der Waals surface area contributed by atoms with Crippen molar-refractivity contribution in [3.05, 3.63) is 34.9 Å². The van der Waals surface area contributed by atoms with Gasteiger partial charge < -0.3 is 26.0 Å². The van der Waals surface area contributed by atoms with Crippen molar-refractivity contribution < 1.29 is 23.9 Å². The van der Waals surface area contributed by atoms with E-state index in [9.17, 15) is 19.2 Å². The van der Waals surface area contributed by atoms with E-state index in [1.807, 2.05) is 45.9 Å². The minimum Gasteiger partial charge on any atom is -0.444 e.